The molecule has 1 aromatic carbocycles. The van der Waals surface area contributed by atoms with E-state index in [0.717, 1.165) is 12.5 Å². The second-order valence-electron chi connectivity index (χ2n) is 5.74. The van der Waals surface area contributed by atoms with Gasteiger partial charge in [0.1, 0.15) is 5.82 Å². The summed E-state index contributed by atoms with van der Waals surface area (Å²) in [5, 5.41) is 3.11. The summed E-state index contributed by atoms with van der Waals surface area (Å²) in [6.07, 6.45) is 1.01. The lowest BCUT2D eigenvalue weighted by Crippen LogP contribution is -2.38. The highest BCUT2D eigenvalue weighted by molar-refractivity contribution is 5.19. The second-order valence-corrected chi connectivity index (χ2v) is 5.74. The zero-order chi connectivity index (χ0) is 15.3. The minimum Gasteiger partial charge on any atom is -0.311 e. The van der Waals surface area contributed by atoms with E-state index in [1.165, 1.54) is 0 Å². The summed E-state index contributed by atoms with van der Waals surface area (Å²) in [5.41, 5.74) is 0.144. The van der Waals surface area contributed by atoms with E-state index in [1.807, 2.05) is 14.1 Å². The predicted molar refractivity (Wildman–Crippen MR) is 75.0 cm³/mol. The molecule has 5 heteroatoms. The smallest absolute Gasteiger partial charge is 0.161 e. The van der Waals surface area contributed by atoms with E-state index >= 15 is 0 Å². The van der Waals surface area contributed by atoms with Gasteiger partial charge in [0, 0.05) is 30.8 Å². The third-order valence-electron chi connectivity index (χ3n) is 3.26. The van der Waals surface area contributed by atoms with Crippen molar-refractivity contribution in [3.05, 3.63) is 35.1 Å². The van der Waals surface area contributed by atoms with Crippen LogP contribution in [0.25, 0.3) is 0 Å². The molecule has 0 saturated carbocycles. The Balaban J connectivity index is 2.56. The van der Waals surface area contributed by atoms with Crippen LogP contribution in [0.4, 0.5) is 13.2 Å². The van der Waals surface area contributed by atoms with Gasteiger partial charge in [-0.05, 0) is 32.5 Å². The first kappa shape index (κ1) is 17.0. The van der Waals surface area contributed by atoms with Gasteiger partial charge in [-0.3, -0.25) is 0 Å². The summed E-state index contributed by atoms with van der Waals surface area (Å²) in [6.45, 7) is 5.14. The molecule has 0 radical (unpaired) electrons. The van der Waals surface area contributed by atoms with Gasteiger partial charge in [0.25, 0.3) is 0 Å². The summed E-state index contributed by atoms with van der Waals surface area (Å²) < 4.78 is 39.4. The van der Waals surface area contributed by atoms with Gasteiger partial charge in [-0.2, -0.15) is 0 Å². The molecule has 1 atom stereocenters. The molecule has 0 aliphatic rings. The number of benzene rings is 1. The first-order valence-corrected chi connectivity index (χ1v) is 6.81. The molecule has 114 valence electrons. The normalized spacial score (nSPS) is 13.2. The van der Waals surface area contributed by atoms with Crippen LogP contribution in [0.3, 0.4) is 0 Å². The highest BCUT2D eigenvalue weighted by Gasteiger charge is 2.14. The maximum atomic E-state index is 13.5. The number of likely N-dealkylation sites (N-methyl/N-ethyl adjacent to an activating group) is 1. The fraction of sp³-hybridized carbons (Fsp3) is 0.600. The van der Waals surface area contributed by atoms with Gasteiger partial charge < -0.3 is 10.2 Å². The van der Waals surface area contributed by atoms with Gasteiger partial charge in [-0.15, -0.1) is 0 Å². The SMILES string of the molecule is CC(C)CC(CNCc1cc(F)c(F)cc1F)N(C)C. The Labute approximate surface area is 119 Å². The van der Waals surface area contributed by atoms with Crippen LogP contribution >= 0.6 is 0 Å². The minimum atomic E-state index is -1.16. The van der Waals surface area contributed by atoms with Crippen molar-refractivity contribution >= 4 is 0 Å². The molecule has 1 N–H and O–H groups in total. The molecule has 0 aliphatic carbocycles. The van der Waals surface area contributed by atoms with E-state index < -0.39 is 17.5 Å². The zero-order valence-corrected chi connectivity index (χ0v) is 12.5. The molecule has 0 spiro atoms. The van der Waals surface area contributed by atoms with Crippen molar-refractivity contribution < 1.29 is 13.2 Å². The summed E-state index contributed by atoms with van der Waals surface area (Å²) in [5.74, 6) is -2.34. The minimum absolute atomic E-state index is 0.144. The first-order chi connectivity index (χ1) is 9.31. The quantitative estimate of drug-likeness (QED) is 0.775. The van der Waals surface area contributed by atoms with Crippen LogP contribution in [0, 0.1) is 23.4 Å². The molecule has 0 bridgehead atoms. The second kappa shape index (κ2) is 7.64. The summed E-state index contributed by atoms with van der Waals surface area (Å²) in [7, 11) is 3.99. The Morgan fingerprint density at radius 1 is 1.05 bits per heavy atom. The van der Waals surface area contributed by atoms with Gasteiger partial charge in [0.2, 0.25) is 0 Å². The molecule has 2 nitrogen and oxygen atoms in total. The van der Waals surface area contributed by atoms with Gasteiger partial charge in [0.05, 0.1) is 0 Å². The van der Waals surface area contributed by atoms with Crippen molar-refractivity contribution in [2.45, 2.75) is 32.9 Å². The van der Waals surface area contributed by atoms with E-state index in [-0.39, 0.29) is 12.1 Å². The van der Waals surface area contributed by atoms with Gasteiger partial charge >= 0.3 is 0 Å². The molecule has 0 amide bonds. The molecule has 0 aromatic heterocycles. The number of rotatable bonds is 7. The van der Waals surface area contributed by atoms with Crippen molar-refractivity contribution in [2.24, 2.45) is 5.92 Å². The molecule has 1 rings (SSSR count). The van der Waals surface area contributed by atoms with Gasteiger partial charge in [-0.25, -0.2) is 13.2 Å². The van der Waals surface area contributed by atoms with Gasteiger partial charge in [-0.1, -0.05) is 13.8 Å². The molecule has 1 unspecified atom stereocenters. The van der Waals surface area contributed by atoms with E-state index in [0.29, 0.717) is 24.6 Å². The van der Waals surface area contributed by atoms with Crippen molar-refractivity contribution in [2.75, 3.05) is 20.6 Å². The fourth-order valence-electron chi connectivity index (χ4n) is 2.09. The molecular formula is C15H23F3N2. The van der Waals surface area contributed by atoms with E-state index in [1.54, 1.807) is 0 Å². The molecule has 0 aliphatic heterocycles. The average Bonchev–Trinajstić information content (AvgIpc) is 2.33. The number of hydrogen-bond acceptors (Lipinski definition) is 2. The lowest BCUT2D eigenvalue weighted by Gasteiger charge is -2.26. The zero-order valence-electron chi connectivity index (χ0n) is 12.5. The van der Waals surface area contributed by atoms with Crippen LogP contribution in [-0.2, 0) is 6.54 Å². The molecular weight excluding hydrogens is 265 g/mol. The fourth-order valence-corrected chi connectivity index (χ4v) is 2.09. The third kappa shape index (κ3) is 5.13. The number of halogens is 3. The van der Waals surface area contributed by atoms with E-state index in [4.69, 9.17) is 0 Å². The average molecular weight is 288 g/mol. The highest BCUT2D eigenvalue weighted by Crippen LogP contribution is 2.14. The largest absolute Gasteiger partial charge is 0.311 e. The Hall–Kier alpha value is -1.07. The summed E-state index contributed by atoms with van der Waals surface area (Å²) in [6, 6.07) is 1.82. The number of hydrogen-bond donors (Lipinski definition) is 1. The molecule has 0 heterocycles. The monoisotopic (exact) mass is 288 g/mol. The standard InChI is InChI=1S/C15H23F3N2/c1-10(2)5-12(20(3)4)9-19-8-11-6-14(17)15(18)7-13(11)16/h6-7,10,12,19H,5,8-9H2,1-4H3. The molecule has 1 aromatic rings. The van der Waals surface area contributed by atoms with E-state index in [2.05, 4.69) is 24.1 Å². The summed E-state index contributed by atoms with van der Waals surface area (Å²) >= 11 is 0. The van der Waals surface area contributed by atoms with E-state index in [9.17, 15) is 13.2 Å². The maximum absolute atomic E-state index is 13.5. The predicted octanol–water partition coefficient (Wildman–Crippen LogP) is 3.17. The highest BCUT2D eigenvalue weighted by atomic mass is 19.2. The van der Waals surface area contributed by atoms with Crippen LogP contribution in [0.2, 0.25) is 0 Å². The third-order valence-corrected chi connectivity index (χ3v) is 3.26. The lowest BCUT2D eigenvalue weighted by atomic mass is 10.0. The maximum Gasteiger partial charge on any atom is 0.161 e. The Morgan fingerprint density at radius 3 is 2.20 bits per heavy atom. The Bertz CT molecular complexity index is 433. The molecule has 0 saturated heterocycles. The van der Waals surface area contributed by atoms with Crippen LogP contribution in [0.5, 0.6) is 0 Å². The van der Waals surface area contributed by atoms with Crippen molar-refractivity contribution in [1.29, 1.82) is 0 Å². The van der Waals surface area contributed by atoms with Crippen LogP contribution < -0.4 is 5.32 Å². The molecule has 20 heavy (non-hydrogen) atoms. The van der Waals surface area contributed by atoms with Gasteiger partial charge in [0.15, 0.2) is 11.6 Å². The van der Waals surface area contributed by atoms with Crippen molar-refractivity contribution in [1.82, 2.24) is 10.2 Å². The van der Waals surface area contributed by atoms with Crippen LogP contribution in [0.15, 0.2) is 12.1 Å². The molecule has 0 fully saturated rings. The topological polar surface area (TPSA) is 15.3 Å². The van der Waals surface area contributed by atoms with Crippen molar-refractivity contribution in [3.8, 4) is 0 Å². The first-order valence-electron chi connectivity index (χ1n) is 6.81. The number of nitrogens with zero attached hydrogens (tertiary/aromatic N) is 1. The van der Waals surface area contributed by atoms with Crippen LogP contribution in [0.1, 0.15) is 25.8 Å². The lowest BCUT2D eigenvalue weighted by molar-refractivity contribution is 0.246. The number of nitrogens with one attached hydrogen (secondary N) is 1. The Kier molecular flexibility index (Phi) is 6.49. The Morgan fingerprint density at radius 2 is 1.65 bits per heavy atom. The van der Waals surface area contributed by atoms with Crippen LogP contribution in [-0.4, -0.2) is 31.6 Å². The van der Waals surface area contributed by atoms with Crippen molar-refractivity contribution in [3.63, 3.8) is 0 Å². The summed E-state index contributed by atoms with van der Waals surface area (Å²) in [4.78, 5) is 2.11.